The first-order valence-electron chi connectivity index (χ1n) is 9.98. The number of carbonyl (C=O) groups excluding carboxylic acids is 1. The minimum atomic E-state index is -3.42. The average Bonchev–Trinajstić information content (AvgIpc) is 3.10. The van der Waals surface area contributed by atoms with Crippen molar-refractivity contribution in [3.8, 4) is 10.6 Å². The number of ether oxygens (including phenoxy) is 1. The second kappa shape index (κ2) is 9.03. The van der Waals surface area contributed by atoms with E-state index in [0.29, 0.717) is 25.8 Å². The molecule has 9 heteroatoms. The van der Waals surface area contributed by atoms with Gasteiger partial charge in [-0.05, 0) is 33.6 Å². The second-order valence-electron chi connectivity index (χ2n) is 8.59. The van der Waals surface area contributed by atoms with Gasteiger partial charge in [-0.25, -0.2) is 22.9 Å². The number of amides is 1. The zero-order valence-corrected chi connectivity index (χ0v) is 19.4. The van der Waals surface area contributed by atoms with Gasteiger partial charge in [0.2, 0.25) is 10.0 Å². The molecular weight excluding hydrogens is 422 g/mol. The Morgan fingerprint density at radius 3 is 2.63 bits per heavy atom. The number of nitrogens with zero attached hydrogens (tertiary/aromatic N) is 2. The third-order valence-electron chi connectivity index (χ3n) is 4.76. The van der Waals surface area contributed by atoms with Gasteiger partial charge in [0.05, 0.1) is 18.0 Å². The van der Waals surface area contributed by atoms with Crippen LogP contribution in [0.3, 0.4) is 0 Å². The fourth-order valence-corrected chi connectivity index (χ4v) is 5.26. The molecule has 0 radical (unpaired) electrons. The van der Waals surface area contributed by atoms with E-state index >= 15 is 0 Å². The molecule has 0 bridgehead atoms. The summed E-state index contributed by atoms with van der Waals surface area (Å²) in [6.07, 6.45) is 2.54. The minimum absolute atomic E-state index is 0.367. The lowest BCUT2D eigenvalue weighted by Crippen LogP contribution is -2.58. The van der Waals surface area contributed by atoms with Crippen LogP contribution in [-0.4, -0.2) is 54.9 Å². The molecule has 1 aromatic carbocycles. The van der Waals surface area contributed by atoms with Gasteiger partial charge in [-0.15, -0.1) is 11.3 Å². The fourth-order valence-electron chi connectivity index (χ4n) is 3.60. The van der Waals surface area contributed by atoms with Crippen LogP contribution < -0.4 is 4.72 Å². The molecule has 1 aliphatic rings. The number of rotatable bonds is 5. The van der Waals surface area contributed by atoms with Crippen molar-refractivity contribution < 1.29 is 17.9 Å². The van der Waals surface area contributed by atoms with Crippen molar-refractivity contribution in [3.63, 3.8) is 0 Å². The van der Waals surface area contributed by atoms with Crippen molar-refractivity contribution in [2.24, 2.45) is 0 Å². The number of carbonyl (C=O) groups is 1. The number of sulfonamides is 1. The van der Waals surface area contributed by atoms with Gasteiger partial charge >= 0.3 is 6.09 Å². The molecule has 2 aromatic rings. The Morgan fingerprint density at radius 1 is 1.30 bits per heavy atom. The molecule has 2 atom stereocenters. The lowest BCUT2D eigenvalue weighted by atomic mass is 9.94. The van der Waals surface area contributed by atoms with Crippen LogP contribution in [0, 0.1) is 0 Å². The van der Waals surface area contributed by atoms with E-state index in [1.807, 2.05) is 56.5 Å². The van der Waals surface area contributed by atoms with E-state index in [0.717, 1.165) is 22.5 Å². The SMILES string of the molecule is CC(C)(C)OC(=O)N1CCCC(NS(C)(=O)=O)C1Cc1csc(-c2ccccc2)n1. The monoisotopic (exact) mass is 451 g/mol. The summed E-state index contributed by atoms with van der Waals surface area (Å²) in [7, 11) is -3.42. The van der Waals surface area contributed by atoms with Crippen molar-refractivity contribution in [2.45, 2.75) is 57.7 Å². The maximum Gasteiger partial charge on any atom is 0.410 e. The Kier molecular flexibility index (Phi) is 6.84. The van der Waals surface area contributed by atoms with Gasteiger partial charge in [-0.1, -0.05) is 30.3 Å². The molecule has 1 amide bonds. The Balaban J connectivity index is 1.86. The molecule has 1 aliphatic heterocycles. The predicted molar refractivity (Wildman–Crippen MR) is 119 cm³/mol. The number of nitrogens with one attached hydrogen (secondary N) is 1. The van der Waals surface area contributed by atoms with Crippen molar-refractivity contribution in [3.05, 3.63) is 41.4 Å². The van der Waals surface area contributed by atoms with Crippen LogP contribution in [0.1, 0.15) is 39.3 Å². The first-order valence-corrected chi connectivity index (χ1v) is 12.8. The Morgan fingerprint density at radius 2 is 2.00 bits per heavy atom. The molecule has 2 heterocycles. The highest BCUT2D eigenvalue weighted by atomic mass is 32.2. The van der Waals surface area contributed by atoms with Crippen molar-refractivity contribution in [1.29, 1.82) is 0 Å². The Labute approximate surface area is 182 Å². The van der Waals surface area contributed by atoms with Gasteiger partial charge in [0.1, 0.15) is 10.6 Å². The zero-order valence-electron chi connectivity index (χ0n) is 17.8. The van der Waals surface area contributed by atoms with Gasteiger partial charge in [-0.3, -0.25) is 0 Å². The number of thiazole rings is 1. The number of benzene rings is 1. The summed E-state index contributed by atoms with van der Waals surface area (Å²) in [6.45, 7) is 5.99. The molecule has 0 aliphatic carbocycles. The maximum atomic E-state index is 12.9. The lowest BCUT2D eigenvalue weighted by molar-refractivity contribution is 0.00583. The van der Waals surface area contributed by atoms with E-state index < -0.39 is 21.7 Å². The van der Waals surface area contributed by atoms with E-state index in [4.69, 9.17) is 9.72 Å². The molecular formula is C21H29N3O4S2. The van der Waals surface area contributed by atoms with E-state index in [2.05, 4.69) is 4.72 Å². The van der Waals surface area contributed by atoms with Crippen molar-refractivity contribution in [1.82, 2.24) is 14.6 Å². The average molecular weight is 452 g/mol. The highest BCUT2D eigenvalue weighted by Gasteiger charge is 2.38. The van der Waals surface area contributed by atoms with Crippen LogP contribution >= 0.6 is 11.3 Å². The fraction of sp³-hybridized carbons (Fsp3) is 0.524. The molecule has 30 heavy (non-hydrogen) atoms. The molecule has 2 unspecified atom stereocenters. The van der Waals surface area contributed by atoms with Gasteiger partial charge in [0, 0.05) is 30.0 Å². The summed E-state index contributed by atoms with van der Waals surface area (Å²) >= 11 is 1.54. The van der Waals surface area contributed by atoms with Crippen LogP contribution in [0.25, 0.3) is 10.6 Å². The molecule has 1 aromatic heterocycles. The summed E-state index contributed by atoms with van der Waals surface area (Å²) < 4.78 is 32.2. The first-order chi connectivity index (χ1) is 14.0. The van der Waals surface area contributed by atoms with Gasteiger partial charge in [-0.2, -0.15) is 0 Å². The molecule has 1 fully saturated rings. The van der Waals surface area contributed by atoms with E-state index in [-0.39, 0.29) is 12.1 Å². The minimum Gasteiger partial charge on any atom is -0.444 e. The highest BCUT2D eigenvalue weighted by molar-refractivity contribution is 7.88. The van der Waals surface area contributed by atoms with E-state index in [1.54, 1.807) is 16.2 Å². The summed E-state index contributed by atoms with van der Waals surface area (Å²) in [5, 5.41) is 2.87. The molecule has 0 saturated carbocycles. The lowest BCUT2D eigenvalue weighted by Gasteiger charge is -2.41. The number of piperidine rings is 1. The summed E-state index contributed by atoms with van der Waals surface area (Å²) in [5.41, 5.74) is 1.24. The summed E-state index contributed by atoms with van der Waals surface area (Å²) in [5.74, 6) is 0. The van der Waals surface area contributed by atoms with Gasteiger partial charge in [0.25, 0.3) is 0 Å². The van der Waals surface area contributed by atoms with Crippen molar-refractivity contribution in [2.75, 3.05) is 12.8 Å². The van der Waals surface area contributed by atoms with E-state index in [1.165, 1.54) is 0 Å². The Hall–Kier alpha value is -1.97. The Bertz CT molecular complexity index is 968. The smallest absolute Gasteiger partial charge is 0.410 e. The molecule has 1 saturated heterocycles. The molecule has 3 rings (SSSR count). The topological polar surface area (TPSA) is 88.6 Å². The predicted octanol–water partition coefficient (Wildman–Crippen LogP) is 3.67. The number of likely N-dealkylation sites (tertiary alicyclic amines) is 1. The number of hydrogen-bond donors (Lipinski definition) is 1. The summed E-state index contributed by atoms with van der Waals surface area (Å²) in [6, 6.07) is 9.15. The van der Waals surface area contributed by atoms with Crippen LogP contribution in [0.4, 0.5) is 4.79 Å². The maximum absolute atomic E-state index is 12.9. The van der Waals surface area contributed by atoms with Gasteiger partial charge in [0.15, 0.2) is 0 Å². The quantitative estimate of drug-likeness (QED) is 0.749. The molecule has 0 spiro atoms. The summed E-state index contributed by atoms with van der Waals surface area (Å²) in [4.78, 5) is 19.2. The van der Waals surface area contributed by atoms with Crippen LogP contribution in [-0.2, 0) is 21.2 Å². The van der Waals surface area contributed by atoms with Crippen LogP contribution in [0.15, 0.2) is 35.7 Å². The van der Waals surface area contributed by atoms with Crippen LogP contribution in [0.5, 0.6) is 0 Å². The van der Waals surface area contributed by atoms with Crippen molar-refractivity contribution >= 4 is 27.5 Å². The van der Waals surface area contributed by atoms with Crippen LogP contribution in [0.2, 0.25) is 0 Å². The molecule has 1 N–H and O–H groups in total. The molecule has 7 nitrogen and oxygen atoms in total. The zero-order chi connectivity index (χ0) is 21.9. The van der Waals surface area contributed by atoms with E-state index in [9.17, 15) is 13.2 Å². The molecule has 164 valence electrons. The van der Waals surface area contributed by atoms with Gasteiger partial charge < -0.3 is 9.64 Å². The first kappa shape index (κ1) is 22.7. The second-order valence-corrected chi connectivity index (χ2v) is 11.2. The third-order valence-corrected chi connectivity index (χ3v) is 6.43. The largest absolute Gasteiger partial charge is 0.444 e. The highest BCUT2D eigenvalue weighted by Crippen LogP contribution is 2.28. The third kappa shape index (κ3) is 6.26. The standard InChI is InChI=1S/C21H29N3O4S2/c1-21(2,3)28-20(25)24-12-8-11-17(23-30(4,26)27)18(24)13-16-14-29-19(22-16)15-9-6-5-7-10-15/h5-7,9-10,14,17-18,23H,8,11-13H2,1-4H3. The number of hydrogen-bond acceptors (Lipinski definition) is 6. The number of aromatic nitrogens is 1. The normalized spacial score (nSPS) is 20.2.